The Hall–Kier alpha value is -4.17. The summed E-state index contributed by atoms with van der Waals surface area (Å²) in [4.78, 5) is 28.5. The molecule has 0 aromatic heterocycles. The molecule has 1 saturated heterocycles. The summed E-state index contributed by atoms with van der Waals surface area (Å²) in [6.45, 7) is 6.36. The van der Waals surface area contributed by atoms with E-state index in [1.807, 2.05) is 24.3 Å². The molecule has 1 atom stereocenters. The summed E-state index contributed by atoms with van der Waals surface area (Å²) in [5, 5.41) is 11.8. The lowest BCUT2D eigenvalue weighted by Gasteiger charge is -2.27. The number of aliphatic hydroxyl groups is 1. The maximum absolute atomic E-state index is 13.6. The smallest absolute Gasteiger partial charge is 0.300 e. The molecule has 202 valence electrons. The monoisotopic (exact) mass is 549 g/mol. The molecule has 0 spiro atoms. The van der Waals surface area contributed by atoms with Crippen LogP contribution >= 0.6 is 11.6 Å². The number of ether oxygens (including phenoxy) is 4. The summed E-state index contributed by atoms with van der Waals surface area (Å²) in [7, 11) is 2.88. The molecule has 2 aliphatic heterocycles. The molecule has 3 aromatic rings. The van der Waals surface area contributed by atoms with E-state index in [1.165, 1.54) is 31.3 Å². The van der Waals surface area contributed by atoms with Gasteiger partial charge in [-0.05, 0) is 34.7 Å². The number of rotatable bonds is 5. The van der Waals surface area contributed by atoms with Crippen molar-refractivity contribution in [1.82, 2.24) is 0 Å². The zero-order valence-electron chi connectivity index (χ0n) is 22.2. The average molecular weight is 550 g/mol. The van der Waals surface area contributed by atoms with Crippen LogP contribution in [0.2, 0.25) is 5.02 Å². The van der Waals surface area contributed by atoms with Crippen LogP contribution in [0.4, 0.5) is 5.69 Å². The number of ketones is 1. The van der Waals surface area contributed by atoms with E-state index < -0.39 is 23.5 Å². The van der Waals surface area contributed by atoms with Gasteiger partial charge in [-0.2, -0.15) is 0 Å². The third kappa shape index (κ3) is 4.55. The minimum Gasteiger partial charge on any atom is -0.507 e. The van der Waals surface area contributed by atoms with Crippen LogP contribution in [0.5, 0.6) is 23.0 Å². The summed E-state index contributed by atoms with van der Waals surface area (Å²) in [6, 6.07) is 14.7. The first-order valence-corrected chi connectivity index (χ1v) is 12.7. The van der Waals surface area contributed by atoms with Gasteiger partial charge in [0.15, 0.2) is 11.5 Å². The Morgan fingerprint density at radius 3 is 2.26 bits per heavy atom. The zero-order valence-corrected chi connectivity index (χ0v) is 23.0. The van der Waals surface area contributed by atoms with Gasteiger partial charge < -0.3 is 24.1 Å². The van der Waals surface area contributed by atoms with Crippen molar-refractivity contribution in [3.63, 3.8) is 0 Å². The van der Waals surface area contributed by atoms with Gasteiger partial charge in [-0.15, -0.1) is 0 Å². The van der Waals surface area contributed by atoms with Crippen molar-refractivity contribution >= 4 is 34.7 Å². The highest BCUT2D eigenvalue weighted by Crippen LogP contribution is 2.46. The van der Waals surface area contributed by atoms with Gasteiger partial charge in [-0.3, -0.25) is 14.5 Å². The summed E-state index contributed by atoms with van der Waals surface area (Å²) in [6.07, 6.45) is 0. The highest BCUT2D eigenvalue weighted by Gasteiger charge is 2.47. The SMILES string of the molecule is COc1cc(OC)c(/C(O)=C2\C(=O)C(=O)N(c3ccc4c(c3)OCO4)C2c2ccc(C(C)(C)C)cc2)cc1Cl. The maximum atomic E-state index is 13.6. The van der Waals surface area contributed by atoms with Gasteiger partial charge in [0.05, 0.1) is 36.4 Å². The number of hydrogen-bond acceptors (Lipinski definition) is 7. The van der Waals surface area contributed by atoms with Gasteiger partial charge in [0.1, 0.15) is 17.3 Å². The Morgan fingerprint density at radius 1 is 0.949 bits per heavy atom. The molecule has 1 amide bonds. The van der Waals surface area contributed by atoms with E-state index in [4.69, 9.17) is 30.5 Å². The van der Waals surface area contributed by atoms with Gasteiger partial charge >= 0.3 is 0 Å². The van der Waals surface area contributed by atoms with E-state index in [9.17, 15) is 14.7 Å². The molecular formula is C30H28ClNO7. The van der Waals surface area contributed by atoms with E-state index in [0.29, 0.717) is 28.5 Å². The molecule has 3 aromatic carbocycles. The maximum Gasteiger partial charge on any atom is 0.300 e. The second kappa shape index (κ2) is 9.85. The number of benzene rings is 3. The number of Topliss-reactive ketones (excluding diaryl/α,β-unsaturated/α-hetero) is 1. The molecule has 8 nitrogen and oxygen atoms in total. The quantitative estimate of drug-likeness (QED) is 0.236. The van der Waals surface area contributed by atoms with Crippen LogP contribution in [0.15, 0.2) is 60.2 Å². The first kappa shape index (κ1) is 26.4. The summed E-state index contributed by atoms with van der Waals surface area (Å²) in [5.41, 5.74) is 2.09. The molecule has 0 bridgehead atoms. The summed E-state index contributed by atoms with van der Waals surface area (Å²) >= 11 is 6.36. The molecule has 0 radical (unpaired) electrons. The number of fused-ring (bicyclic) bond motifs is 1. The summed E-state index contributed by atoms with van der Waals surface area (Å²) < 4.78 is 21.7. The molecule has 5 rings (SSSR count). The van der Waals surface area contributed by atoms with E-state index in [1.54, 1.807) is 18.2 Å². The minimum absolute atomic E-state index is 0.0628. The van der Waals surface area contributed by atoms with E-state index in [-0.39, 0.29) is 34.1 Å². The van der Waals surface area contributed by atoms with Crippen molar-refractivity contribution < 1.29 is 33.6 Å². The zero-order chi connectivity index (χ0) is 28.1. The fourth-order valence-corrected chi connectivity index (χ4v) is 5.05. The Morgan fingerprint density at radius 2 is 1.62 bits per heavy atom. The molecule has 2 aliphatic rings. The van der Waals surface area contributed by atoms with Crippen LogP contribution in [0.25, 0.3) is 5.76 Å². The Kier molecular flexibility index (Phi) is 6.68. The molecule has 0 aliphatic carbocycles. The molecule has 2 heterocycles. The number of carbonyl (C=O) groups is 2. The second-order valence-corrected chi connectivity index (χ2v) is 10.7. The Labute approximate surface area is 231 Å². The van der Waals surface area contributed by atoms with Crippen molar-refractivity contribution in [3.05, 3.63) is 81.9 Å². The number of amides is 1. The molecule has 9 heteroatoms. The number of anilines is 1. The third-order valence-corrected chi connectivity index (χ3v) is 7.20. The molecule has 1 unspecified atom stereocenters. The minimum atomic E-state index is -0.940. The van der Waals surface area contributed by atoms with E-state index >= 15 is 0 Å². The first-order valence-electron chi connectivity index (χ1n) is 12.3. The number of hydrogen-bond donors (Lipinski definition) is 1. The Balaban J connectivity index is 1.73. The first-order chi connectivity index (χ1) is 18.5. The van der Waals surface area contributed by atoms with Crippen molar-refractivity contribution in [2.24, 2.45) is 0 Å². The van der Waals surface area contributed by atoms with E-state index in [0.717, 1.165) is 5.56 Å². The molecule has 0 saturated carbocycles. The van der Waals surface area contributed by atoms with Gasteiger partial charge in [-0.1, -0.05) is 56.6 Å². The fourth-order valence-electron chi connectivity index (χ4n) is 4.80. The van der Waals surface area contributed by atoms with Crippen LogP contribution in [-0.2, 0) is 15.0 Å². The highest BCUT2D eigenvalue weighted by molar-refractivity contribution is 6.51. The standard InChI is InChI=1S/C30H28ClNO7/c1-30(2,3)17-8-6-16(7-9-17)26-25(27(33)19-13-20(31)23(37-5)14-22(19)36-4)28(34)29(35)32(26)18-10-11-21-24(12-18)39-15-38-21/h6-14,26,33H,15H2,1-5H3/b27-25+. The van der Waals surface area contributed by atoms with Crippen molar-refractivity contribution in [2.45, 2.75) is 32.2 Å². The number of aliphatic hydroxyl groups excluding tert-OH is 1. The predicted molar refractivity (Wildman–Crippen MR) is 147 cm³/mol. The predicted octanol–water partition coefficient (Wildman–Crippen LogP) is 6.01. The van der Waals surface area contributed by atoms with Gasteiger partial charge in [-0.25, -0.2) is 0 Å². The molecule has 1 fully saturated rings. The van der Waals surface area contributed by atoms with Crippen LogP contribution < -0.4 is 23.8 Å². The van der Waals surface area contributed by atoms with Crippen molar-refractivity contribution in [2.75, 3.05) is 25.9 Å². The number of halogens is 1. The highest BCUT2D eigenvalue weighted by atomic mass is 35.5. The van der Waals surface area contributed by atoms with Gasteiger partial charge in [0.2, 0.25) is 6.79 Å². The van der Waals surface area contributed by atoms with Crippen LogP contribution in [0, 0.1) is 0 Å². The van der Waals surface area contributed by atoms with Crippen molar-refractivity contribution in [3.8, 4) is 23.0 Å². The number of nitrogens with zero attached hydrogens (tertiary/aromatic N) is 1. The van der Waals surface area contributed by atoms with Crippen LogP contribution in [0.3, 0.4) is 0 Å². The number of methoxy groups -OCH3 is 2. The largest absolute Gasteiger partial charge is 0.507 e. The average Bonchev–Trinajstić information content (AvgIpc) is 3.49. The lowest BCUT2D eigenvalue weighted by molar-refractivity contribution is -0.132. The van der Waals surface area contributed by atoms with Crippen molar-refractivity contribution in [1.29, 1.82) is 0 Å². The Bertz CT molecular complexity index is 1500. The molecular weight excluding hydrogens is 522 g/mol. The molecule has 1 N–H and O–H groups in total. The van der Waals surface area contributed by atoms with Gasteiger partial charge in [0, 0.05) is 17.8 Å². The molecule has 39 heavy (non-hydrogen) atoms. The lowest BCUT2D eigenvalue weighted by atomic mass is 9.85. The van der Waals surface area contributed by atoms with Crippen LogP contribution in [-0.4, -0.2) is 37.8 Å². The van der Waals surface area contributed by atoms with E-state index in [2.05, 4.69) is 20.8 Å². The normalized spacial score (nSPS) is 18.0. The van der Waals surface area contributed by atoms with Gasteiger partial charge in [0.25, 0.3) is 11.7 Å². The topological polar surface area (TPSA) is 94.5 Å². The summed E-state index contributed by atoms with van der Waals surface area (Å²) in [5.74, 6) is -0.491. The lowest BCUT2D eigenvalue weighted by Crippen LogP contribution is -2.29. The second-order valence-electron chi connectivity index (χ2n) is 10.3. The van der Waals surface area contributed by atoms with Crippen LogP contribution in [0.1, 0.15) is 43.5 Å². The third-order valence-electron chi connectivity index (χ3n) is 6.90. The fraction of sp³-hybridized carbons (Fsp3) is 0.267. The number of carbonyl (C=O) groups excluding carboxylic acids is 2.